The van der Waals surface area contributed by atoms with Crippen molar-refractivity contribution >= 4 is 38.5 Å². The number of carbonyl (C=O) groups is 1. The van der Waals surface area contributed by atoms with E-state index in [0.29, 0.717) is 29.7 Å². The molecule has 226 valence electrons. The topological polar surface area (TPSA) is 148 Å². The Hall–Kier alpha value is -5.04. The summed E-state index contributed by atoms with van der Waals surface area (Å²) >= 11 is 0. The van der Waals surface area contributed by atoms with Gasteiger partial charge < -0.3 is 10.3 Å². The summed E-state index contributed by atoms with van der Waals surface area (Å²) in [6.45, 7) is 1.59. The first kappa shape index (κ1) is 29.1. The molecule has 0 spiro atoms. The smallest absolute Gasteiger partial charge is 0.333 e. The van der Waals surface area contributed by atoms with Crippen LogP contribution in [0.4, 0.5) is 15.8 Å². The van der Waals surface area contributed by atoms with Crippen LogP contribution in [-0.2, 0) is 34.3 Å². The number of nitrogens with one attached hydrogen (secondary N) is 3. The minimum Gasteiger partial charge on any atom is -0.336 e. The third-order valence-corrected chi connectivity index (χ3v) is 8.79. The van der Waals surface area contributed by atoms with Gasteiger partial charge in [-0.05, 0) is 66.8 Å². The number of hydrogen-bond donors (Lipinski definition) is 3. The summed E-state index contributed by atoms with van der Waals surface area (Å²) in [6, 6.07) is 18.6. The normalized spacial score (nSPS) is 13.2. The van der Waals surface area contributed by atoms with Crippen LogP contribution in [0, 0.1) is 11.7 Å². The number of hydrogen-bond acceptors (Lipinski definition) is 6. The first-order valence-corrected chi connectivity index (χ1v) is 15.5. The van der Waals surface area contributed by atoms with Gasteiger partial charge in [-0.15, -0.1) is 0 Å². The minimum atomic E-state index is -3.87. The largest absolute Gasteiger partial charge is 0.336 e. The molecule has 3 N–H and O–H groups in total. The molecular weight excluding hydrogens is 587 g/mol. The van der Waals surface area contributed by atoms with Crippen LogP contribution in [0.1, 0.15) is 36.7 Å². The molecule has 2 heterocycles. The van der Waals surface area contributed by atoms with Crippen LogP contribution in [0.5, 0.6) is 0 Å². The van der Waals surface area contributed by atoms with Gasteiger partial charge in [0.2, 0.25) is 5.91 Å². The zero-order chi connectivity index (χ0) is 31.0. The van der Waals surface area contributed by atoms with Gasteiger partial charge >= 0.3 is 5.69 Å². The second kappa shape index (κ2) is 11.6. The fourth-order valence-corrected chi connectivity index (χ4v) is 6.04. The Kier molecular flexibility index (Phi) is 7.64. The number of aromatic amines is 1. The fraction of sp³-hybridized carbons (Fsp3) is 0.226. The van der Waals surface area contributed by atoms with Gasteiger partial charge in [-0.2, -0.15) is 0 Å². The zero-order valence-electron chi connectivity index (χ0n) is 23.7. The third-order valence-electron chi connectivity index (χ3n) is 7.40. The molecule has 0 bridgehead atoms. The number of sulfonamides is 1. The van der Waals surface area contributed by atoms with Gasteiger partial charge in [0.25, 0.3) is 15.6 Å². The number of carbonyl (C=O) groups excluding carboxylic acids is 1. The van der Waals surface area contributed by atoms with E-state index in [2.05, 4.69) is 20.0 Å². The Labute approximate surface area is 251 Å². The highest BCUT2D eigenvalue weighted by atomic mass is 32.2. The maximum atomic E-state index is 14.4. The van der Waals surface area contributed by atoms with Crippen molar-refractivity contribution in [3.05, 3.63) is 116 Å². The summed E-state index contributed by atoms with van der Waals surface area (Å²) in [5.74, 6) is 0.0219. The summed E-state index contributed by atoms with van der Waals surface area (Å²) in [5, 5.41) is 2.59. The molecule has 0 atom stereocenters. The molecule has 1 fully saturated rings. The number of benzene rings is 3. The molecule has 3 aromatic carbocycles. The molecule has 5 aromatic rings. The summed E-state index contributed by atoms with van der Waals surface area (Å²) < 4.78 is 45.2. The lowest BCUT2D eigenvalue weighted by atomic mass is 10.1. The van der Waals surface area contributed by atoms with Crippen LogP contribution in [0.3, 0.4) is 0 Å². The molecule has 0 radical (unpaired) electrons. The van der Waals surface area contributed by atoms with E-state index >= 15 is 0 Å². The number of fused-ring (bicyclic) bond motifs is 1. The average Bonchev–Trinajstić information content (AvgIpc) is 3.72. The van der Waals surface area contributed by atoms with E-state index in [1.807, 2.05) is 0 Å². The molecule has 1 aliphatic carbocycles. The SMILES string of the molecule is CC(=O)Nc1ccc(S(=O)(=O)Nc2ccc(Cc3nc4c([nH]3)c(=O)n(Cc3ccccc3F)c(=O)n4CC3CC3)cc2)cc1. The van der Waals surface area contributed by atoms with Gasteiger partial charge in [-0.1, -0.05) is 30.3 Å². The summed E-state index contributed by atoms with van der Waals surface area (Å²) in [4.78, 5) is 45.8. The minimum absolute atomic E-state index is 0.0378. The Bertz CT molecular complexity index is 2100. The van der Waals surface area contributed by atoms with Crippen molar-refractivity contribution in [3.63, 3.8) is 0 Å². The quantitative estimate of drug-likeness (QED) is 0.217. The van der Waals surface area contributed by atoms with Gasteiger partial charge in [-0.25, -0.2) is 22.6 Å². The molecule has 1 amide bonds. The molecule has 13 heteroatoms. The van der Waals surface area contributed by atoms with Crippen LogP contribution in [0.2, 0.25) is 0 Å². The van der Waals surface area contributed by atoms with Crippen LogP contribution in [0.25, 0.3) is 11.2 Å². The first-order valence-electron chi connectivity index (χ1n) is 14.0. The standard InChI is InChI=1S/C31H29FN6O5S/c1-19(39)33-23-12-14-25(15-13-23)44(42,43)36-24-10-8-20(9-11-24)16-27-34-28-29(35-27)37(17-21-6-7-21)31(41)38(30(28)40)18-22-4-2-3-5-26(22)32/h2-5,8-15,21,36H,6-7,16-18H2,1H3,(H,33,39)(H,34,35). The maximum absolute atomic E-state index is 14.4. The van der Waals surface area contributed by atoms with Crippen LogP contribution in [-0.4, -0.2) is 33.4 Å². The van der Waals surface area contributed by atoms with Crippen molar-refractivity contribution < 1.29 is 17.6 Å². The highest BCUT2D eigenvalue weighted by molar-refractivity contribution is 7.92. The van der Waals surface area contributed by atoms with E-state index in [4.69, 9.17) is 0 Å². The van der Waals surface area contributed by atoms with Gasteiger partial charge in [-0.3, -0.25) is 23.4 Å². The third kappa shape index (κ3) is 6.18. The highest BCUT2D eigenvalue weighted by Gasteiger charge is 2.26. The summed E-state index contributed by atoms with van der Waals surface area (Å²) in [6.07, 6.45) is 2.25. The molecule has 0 unspecified atom stereocenters. The van der Waals surface area contributed by atoms with Gasteiger partial charge in [0, 0.05) is 36.8 Å². The first-order chi connectivity index (χ1) is 21.1. The van der Waals surface area contributed by atoms with Gasteiger partial charge in [0.15, 0.2) is 5.65 Å². The van der Waals surface area contributed by atoms with Crippen LogP contribution in [0.15, 0.2) is 87.3 Å². The number of H-pyrrole nitrogens is 1. The number of halogens is 1. The Morgan fingerprint density at radius 1 is 0.977 bits per heavy atom. The lowest BCUT2D eigenvalue weighted by Crippen LogP contribution is -2.40. The van der Waals surface area contributed by atoms with Gasteiger partial charge in [0.1, 0.15) is 17.2 Å². The molecule has 0 aliphatic heterocycles. The molecular formula is C31H29FN6O5S. The second-order valence-electron chi connectivity index (χ2n) is 10.9. The molecule has 44 heavy (non-hydrogen) atoms. The van der Waals surface area contributed by atoms with E-state index in [1.54, 1.807) is 42.5 Å². The lowest BCUT2D eigenvalue weighted by molar-refractivity contribution is -0.114. The van der Waals surface area contributed by atoms with Gasteiger partial charge in [0.05, 0.1) is 11.4 Å². The van der Waals surface area contributed by atoms with Crippen LogP contribution < -0.4 is 21.3 Å². The molecule has 6 rings (SSSR count). The number of anilines is 2. The average molecular weight is 617 g/mol. The van der Waals surface area contributed by atoms with Crippen LogP contribution >= 0.6 is 0 Å². The molecule has 0 saturated heterocycles. The molecule has 11 nitrogen and oxygen atoms in total. The van der Waals surface area contributed by atoms with E-state index in [1.165, 1.54) is 41.8 Å². The van der Waals surface area contributed by atoms with Crippen molar-refractivity contribution in [2.24, 2.45) is 5.92 Å². The second-order valence-corrected chi connectivity index (χ2v) is 12.6. The fourth-order valence-electron chi connectivity index (χ4n) is 4.98. The molecule has 1 aliphatic rings. The van der Waals surface area contributed by atoms with Crippen molar-refractivity contribution in [2.45, 2.75) is 44.2 Å². The predicted molar refractivity (Wildman–Crippen MR) is 164 cm³/mol. The predicted octanol–water partition coefficient (Wildman–Crippen LogP) is 3.83. The Morgan fingerprint density at radius 2 is 1.66 bits per heavy atom. The van der Waals surface area contributed by atoms with E-state index < -0.39 is 27.1 Å². The highest BCUT2D eigenvalue weighted by Crippen LogP contribution is 2.30. The molecule has 2 aromatic heterocycles. The van der Waals surface area contributed by atoms with E-state index in [-0.39, 0.29) is 40.5 Å². The van der Waals surface area contributed by atoms with Crippen molar-refractivity contribution in [2.75, 3.05) is 10.0 Å². The molecule has 1 saturated carbocycles. The Morgan fingerprint density at radius 3 is 2.32 bits per heavy atom. The number of rotatable bonds is 10. The number of imidazole rings is 1. The van der Waals surface area contributed by atoms with Crippen molar-refractivity contribution in [1.29, 1.82) is 0 Å². The lowest BCUT2D eigenvalue weighted by Gasteiger charge is -2.11. The van der Waals surface area contributed by atoms with E-state index in [9.17, 15) is 27.2 Å². The van der Waals surface area contributed by atoms with E-state index in [0.717, 1.165) is 23.0 Å². The monoisotopic (exact) mass is 616 g/mol. The number of amides is 1. The summed E-state index contributed by atoms with van der Waals surface area (Å²) in [5.41, 5.74) is 1.19. The summed E-state index contributed by atoms with van der Waals surface area (Å²) in [7, 11) is -3.87. The number of nitrogens with zero attached hydrogens (tertiary/aromatic N) is 3. The maximum Gasteiger partial charge on any atom is 0.333 e. The van der Waals surface area contributed by atoms with Crippen molar-refractivity contribution in [3.8, 4) is 0 Å². The van der Waals surface area contributed by atoms with Crippen molar-refractivity contribution in [1.82, 2.24) is 19.1 Å². The Balaban J connectivity index is 1.24. The number of aromatic nitrogens is 4. The zero-order valence-corrected chi connectivity index (χ0v) is 24.5.